The Morgan fingerprint density at radius 3 is 2.94 bits per heavy atom. The Bertz CT molecular complexity index is 271. The van der Waals surface area contributed by atoms with Crippen LogP contribution in [0.2, 0.25) is 0 Å². The molecule has 0 aliphatic carbocycles. The smallest absolute Gasteiger partial charge is 0.221 e. The second-order valence-electron chi connectivity index (χ2n) is 4.67. The van der Waals surface area contributed by atoms with E-state index in [0.717, 1.165) is 6.54 Å². The topological polar surface area (TPSA) is 58.2 Å². The molecular weight excluding hydrogens is 236 g/mol. The largest absolute Gasteiger partial charge is 0.355 e. The van der Waals surface area contributed by atoms with Gasteiger partial charge in [-0.3, -0.25) is 9.00 Å². The van der Waals surface area contributed by atoms with E-state index in [1.54, 1.807) is 0 Å². The van der Waals surface area contributed by atoms with Crippen LogP contribution in [-0.2, 0) is 15.6 Å². The van der Waals surface area contributed by atoms with Gasteiger partial charge < -0.3 is 10.6 Å². The van der Waals surface area contributed by atoms with Crippen LogP contribution in [0.3, 0.4) is 0 Å². The first-order chi connectivity index (χ1) is 8.13. The summed E-state index contributed by atoms with van der Waals surface area (Å²) in [4.78, 5) is 11.7. The van der Waals surface area contributed by atoms with Crippen molar-refractivity contribution in [2.45, 2.75) is 39.2 Å². The van der Waals surface area contributed by atoms with Crippen molar-refractivity contribution in [2.75, 3.05) is 24.6 Å². The van der Waals surface area contributed by atoms with Gasteiger partial charge in [-0.25, -0.2) is 0 Å². The molecule has 1 rings (SSSR count). The van der Waals surface area contributed by atoms with Crippen molar-refractivity contribution < 1.29 is 9.00 Å². The molecule has 1 aliphatic rings. The summed E-state index contributed by atoms with van der Waals surface area (Å²) in [5, 5.41) is 6.23. The van der Waals surface area contributed by atoms with Crippen LogP contribution < -0.4 is 10.6 Å². The maximum absolute atomic E-state index is 11.7. The van der Waals surface area contributed by atoms with E-state index >= 15 is 0 Å². The van der Waals surface area contributed by atoms with E-state index in [9.17, 15) is 9.00 Å². The monoisotopic (exact) mass is 260 g/mol. The van der Waals surface area contributed by atoms with Crippen molar-refractivity contribution >= 4 is 16.7 Å². The quantitative estimate of drug-likeness (QED) is 0.737. The zero-order valence-corrected chi connectivity index (χ0v) is 11.6. The number of amides is 1. The summed E-state index contributed by atoms with van der Waals surface area (Å²) in [5.41, 5.74) is 0. The molecule has 0 radical (unpaired) electrons. The van der Waals surface area contributed by atoms with Crippen LogP contribution in [0.5, 0.6) is 0 Å². The van der Waals surface area contributed by atoms with Crippen LogP contribution in [0, 0.1) is 5.92 Å². The van der Waals surface area contributed by atoms with Gasteiger partial charge in [0.15, 0.2) is 0 Å². The Morgan fingerprint density at radius 2 is 2.29 bits per heavy atom. The van der Waals surface area contributed by atoms with Crippen LogP contribution in [0.4, 0.5) is 0 Å². The van der Waals surface area contributed by atoms with Gasteiger partial charge in [0.25, 0.3) is 0 Å². The maximum Gasteiger partial charge on any atom is 0.221 e. The molecule has 4 nitrogen and oxygen atoms in total. The summed E-state index contributed by atoms with van der Waals surface area (Å²) in [7, 11) is -0.787. The number of carbonyl (C=O) groups is 1. The molecule has 0 saturated carbocycles. The lowest BCUT2D eigenvalue weighted by Crippen LogP contribution is -2.43. The van der Waals surface area contributed by atoms with Crippen molar-refractivity contribution in [3.63, 3.8) is 0 Å². The second-order valence-corrected chi connectivity index (χ2v) is 6.53. The Balaban J connectivity index is 2.17. The Labute approximate surface area is 106 Å². The lowest BCUT2D eigenvalue weighted by atomic mass is 9.90. The second kappa shape index (κ2) is 7.82. The summed E-state index contributed by atoms with van der Waals surface area (Å²) in [5.74, 6) is 1.87. The molecule has 3 unspecified atom stereocenters. The molecule has 0 aromatic carbocycles. The molecule has 0 spiro atoms. The first kappa shape index (κ1) is 14.6. The van der Waals surface area contributed by atoms with Crippen LogP contribution in [0.25, 0.3) is 0 Å². The first-order valence-corrected chi connectivity index (χ1v) is 7.97. The van der Waals surface area contributed by atoms with Gasteiger partial charge in [0.05, 0.1) is 0 Å². The SMILES string of the molecule is CCS(=O)CCNC(=O)CC1NCCCC1C. The number of hydrogen-bond acceptors (Lipinski definition) is 3. The fourth-order valence-electron chi connectivity index (χ4n) is 2.11. The van der Waals surface area contributed by atoms with E-state index < -0.39 is 10.8 Å². The molecule has 1 amide bonds. The lowest BCUT2D eigenvalue weighted by molar-refractivity contribution is -0.121. The van der Waals surface area contributed by atoms with Gasteiger partial charge in [0, 0.05) is 41.3 Å². The highest BCUT2D eigenvalue weighted by Crippen LogP contribution is 2.17. The van der Waals surface area contributed by atoms with E-state index in [0.29, 0.717) is 36.4 Å². The number of carbonyl (C=O) groups excluding carboxylic acids is 1. The van der Waals surface area contributed by atoms with E-state index in [2.05, 4.69) is 17.6 Å². The molecule has 1 heterocycles. The van der Waals surface area contributed by atoms with Crippen molar-refractivity contribution in [3.8, 4) is 0 Å². The predicted molar refractivity (Wildman–Crippen MR) is 71.4 cm³/mol. The van der Waals surface area contributed by atoms with Gasteiger partial charge in [-0.15, -0.1) is 0 Å². The minimum Gasteiger partial charge on any atom is -0.355 e. The zero-order valence-electron chi connectivity index (χ0n) is 10.8. The predicted octanol–water partition coefficient (Wildman–Crippen LogP) is 0.649. The van der Waals surface area contributed by atoms with E-state index in [-0.39, 0.29) is 5.91 Å². The molecular formula is C12H24N2O2S. The highest BCUT2D eigenvalue weighted by atomic mass is 32.2. The molecule has 5 heteroatoms. The minimum atomic E-state index is -0.787. The molecule has 1 aliphatic heterocycles. The average Bonchev–Trinajstić information content (AvgIpc) is 2.32. The standard InChI is InChI=1S/C12H24N2O2S/c1-3-17(16)8-7-14-12(15)9-11-10(2)5-4-6-13-11/h10-11,13H,3-9H2,1-2H3,(H,14,15). The molecule has 1 saturated heterocycles. The van der Waals surface area contributed by atoms with Crippen LogP contribution >= 0.6 is 0 Å². The van der Waals surface area contributed by atoms with Crippen molar-refractivity contribution in [2.24, 2.45) is 5.92 Å². The third kappa shape index (κ3) is 5.64. The molecule has 0 aromatic heterocycles. The van der Waals surface area contributed by atoms with Crippen LogP contribution in [-0.4, -0.2) is 40.8 Å². The number of piperidine rings is 1. The van der Waals surface area contributed by atoms with Gasteiger partial charge in [-0.2, -0.15) is 0 Å². The zero-order chi connectivity index (χ0) is 12.7. The fourth-order valence-corrected chi connectivity index (χ4v) is 2.73. The van der Waals surface area contributed by atoms with E-state index in [4.69, 9.17) is 0 Å². The Morgan fingerprint density at radius 1 is 1.53 bits per heavy atom. The normalized spacial score (nSPS) is 26.5. The molecule has 3 atom stereocenters. The molecule has 17 heavy (non-hydrogen) atoms. The van der Waals surface area contributed by atoms with Crippen LogP contribution in [0.15, 0.2) is 0 Å². The molecule has 1 fully saturated rings. The highest BCUT2D eigenvalue weighted by molar-refractivity contribution is 7.84. The summed E-state index contributed by atoms with van der Waals surface area (Å²) in [6.07, 6.45) is 2.94. The third-order valence-corrected chi connectivity index (χ3v) is 4.61. The Hall–Kier alpha value is -0.420. The van der Waals surface area contributed by atoms with Crippen molar-refractivity contribution in [1.29, 1.82) is 0 Å². The van der Waals surface area contributed by atoms with Gasteiger partial charge in [-0.05, 0) is 25.3 Å². The maximum atomic E-state index is 11.7. The molecule has 0 bridgehead atoms. The first-order valence-electron chi connectivity index (χ1n) is 6.48. The molecule has 100 valence electrons. The van der Waals surface area contributed by atoms with E-state index in [1.807, 2.05) is 6.92 Å². The average molecular weight is 260 g/mol. The summed E-state index contributed by atoms with van der Waals surface area (Å²) < 4.78 is 11.2. The highest BCUT2D eigenvalue weighted by Gasteiger charge is 2.22. The Kier molecular flexibility index (Phi) is 6.73. The summed E-state index contributed by atoms with van der Waals surface area (Å²) in [6, 6.07) is 0.306. The number of rotatable bonds is 6. The third-order valence-electron chi connectivity index (χ3n) is 3.31. The van der Waals surface area contributed by atoms with Crippen molar-refractivity contribution in [1.82, 2.24) is 10.6 Å². The van der Waals surface area contributed by atoms with Crippen molar-refractivity contribution in [3.05, 3.63) is 0 Å². The lowest BCUT2D eigenvalue weighted by Gasteiger charge is -2.29. The van der Waals surface area contributed by atoms with Gasteiger partial charge in [0.2, 0.25) is 5.91 Å². The van der Waals surface area contributed by atoms with Gasteiger partial charge >= 0.3 is 0 Å². The van der Waals surface area contributed by atoms with Crippen LogP contribution in [0.1, 0.15) is 33.1 Å². The number of hydrogen-bond donors (Lipinski definition) is 2. The number of nitrogens with one attached hydrogen (secondary N) is 2. The molecule has 2 N–H and O–H groups in total. The summed E-state index contributed by atoms with van der Waals surface area (Å²) >= 11 is 0. The van der Waals surface area contributed by atoms with Gasteiger partial charge in [0.1, 0.15) is 0 Å². The van der Waals surface area contributed by atoms with Gasteiger partial charge in [-0.1, -0.05) is 13.8 Å². The fraction of sp³-hybridized carbons (Fsp3) is 0.917. The van der Waals surface area contributed by atoms with E-state index in [1.165, 1.54) is 12.8 Å². The minimum absolute atomic E-state index is 0.0735. The molecule has 0 aromatic rings. The summed E-state index contributed by atoms with van der Waals surface area (Å²) in [6.45, 7) is 5.63.